The molecule has 1 unspecified atom stereocenters. The van der Waals surface area contributed by atoms with Crippen molar-refractivity contribution in [2.45, 2.75) is 30.0 Å². The molecule has 0 aliphatic carbocycles. The number of benzene rings is 3. The first-order valence-electron chi connectivity index (χ1n) is 13.0. The molecule has 216 valence electrons. The summed E-state index contributed by atoms with van der Waals surface area (Å²) in [6.07, 6.45) is 0. The number of aliphatic hydroxyl groups excluding tert-OH is 1. The molecule has 12 heteroatoms. The van der Waals surface area contributed by atoms with Crippen molar-refractivity contribution in [3.05, 3.63) is 94.8 Å². The van der Waals surface area contributed by atoms with Gasteiger partial charge in [-0.2, -0.15) is 0 Å². The van der Waals surface area contributed by atoms with Crippen LogP contribution in [0, 0.1) is 5.82 Å². The molecular weight excluding hydrogens is 581 g/mol. The lowest BCUT2D eigenvalue weighted by molar-refractivity contribution is -0.132. The van der Waals surface area contributed by atoms with Gasteiger partial charge in [-0.1, -0.05) is 47.4 Å². The second-order valence-corrected chi connectivity index (χ2v) is 11.2. The summed E-state index contributed by atoms with van der Waals surface area (Å²) in [5.74, 6) is -1.63. The highest BCUT2D eigenvalue weighted by molar-refractivity contribution is 8.00. The number of phenolic OH excluding ortho intramolecular Hbond substituents is 1. The van der Waals surface area contributed by atoms with Gasteiger partial charge >= 0.3 is 5.91 Å². The summed E-state index contributed by atoms with van der Waals surface area (Å²) in [7, 11) is 0. The Bertz CT molecular complexity index is 1660. The van der Waals surface area contributed by atoms with Crippen LogP contribution in [0.25, 0.3) is 5.76 Å². The van der Waals surface area contributed by atoms with Gasteiger partial charge in [0.1, 0.15) is 17.3 Å². The molecule has 4 aromatic rings. The van der Waals surface area contributed by atoms with Gasteiger partial charge in [0.25, 0.3) is 5.78 Å². The molecule has 0 bridgehead atoms. The second kappa shape index (κ2) is 12.6. The van der Waals surface area contributed by atoms with E-state index in [-0.39, 0.29) is 46.1 Å². The van der Waals surface area contributed by atoms with Gasteiger partial charge in [0, 0.05) is 11.3 Å². The van der Waals surface area contributed by atoms with E-state index < -0.39 is 17.7 Å². The lowest BCUT2D eigenvalue weighted by Gasteiger charge is -2.23. The van der Waals surface area contributed by atoms with Gasteiger partial charge in [0.05, 0.1) is 24.8 Å². The number of rotatable bonds is 10. The van der Waals surface area contributed by atoms with Crippen molar-refractivity contribution in [1.29, 1.82) is 0 Å². The van der Waals surface area contributed by atoms with Crippen LogP contribution in [0.15, 0.2) is 76.6 Å². The van der Waals surface area contributed by atoms with Crippen molar-refractivity contribution in [3.63, 3.8) is 0 Å². The second-order valence-electron chi connectivity index (χ2n) is 9.02. The third kappa shape index (κ3) is 5.81. The molecule has 1 saturated heterocycles. The van der Waals surface area contributed by atoms with Crippen molar-refractivity contribution >= 4 is 45.7 Å². The number of phenols is 1. The largest absolute Gasteiger partial charge is 0.507 e. The summed E-state index contributed by atoms with van der Waals surface area (Å²) in [6.45, 7) is 4.33. The van der Waals surface area contributed by atoms with Crippen molar-refractivity contribution in [2.75, 3.05) is 18.1 Å². The van der Waals surface area contributed by atoms with Crippen LogP contribution in [-0.4, -0.2) is 45.3 Å². The normalized spacial score (nSPS) is 16.2. The quantitative estimate of drug-likeness (QED) is 0.0724. The van der Waals surface area contributed by atoms with Crippen LogP contribution < -0.4 is 14.4 Å². The number of halogens is 1. The molecule has 1 aliphatic rings. The molecule has 1 amide bonds. The summed E-state index contributed by atoms with van der Waals surface area (Å²) in [4.78, 5) is 28.2. The van der Waals surface area contributed by atoms with Gasteiger partial charge < -0.3 is 19.7 Å². The molecular formula is C30H26FN3O6S2. The third-order valence-electron chi connectivity index (χ3n) is 6.39. The number of aromatic nitrogens is 2. The minimum absolute atomic E-state index is 0.119. The van der Waals surface area contributed by atoms with Gasteiger partial charge in [-0.05, 0) is 67.4 Å². The van der Waals surface area contributed by atoms with Crippen LogP contribution >= 0.6 is 23.1 Å². The molecule has 0 spiro atoms. The molecule has 0 saturated carbocycles. The SMILES string of the molecule is CCOc1ccc(/C(O)=C2/C(=O)C(=O)N(c3nnc(SCc4ccccc4F)s3)C2c2ccc(O)c(OCC)c2)cc1. The maximum absolute atomic E-state index is 14.1. The highest BCUT2D eigenvalue weighted by atomic mass is 32.2. The molecule has 1 fully saturated rings. The maximum atomic E-state index is 14.1. The molecule has 3 aromatic carbocycles. The predicted octanol–water partition coefficient (Wildman–Crippen LogP) is 6.10. The van der Waals surface area contributed by atoms with Crippen LogP contribution in [0.4, 0.5) is 9.52 Å². The van der Waals surface area contributed by atoms with Gasteiger partial charge in [-0.3, -0.25) is 14.5 Å². The summed E-state index contributed by atoms with van der Waals surface area (Å²) in [5, 5.41) is 30.1. The Morgan fingerprint density at radius 3 is 2.48 bits per heavy atom. The van der Waals surface area contributed by atoms with Crippen molar-refractivity contribution in [3.8, 4) is 17.2 Å². The number of aliphatic hydroxyl groups is 1. The molecule has 1 aromatic heterocycles. The lowest BCUT2D eigenvalue weighted by Crippen LogP contribution is -2.29. The summed E-state index contributed by atoms with van der Waals surface area (Å²) in [6, 6.07) is 16.2. The van der Waals surface area contributed by atoms with E-state index in [0.717, 1.165) is 11.3 Å². The zero-order chi connectivity index (χ0) is 29.8. The van der Waals surface area contributed by atoms with Gasteiger partial charge in [0.2, 0.25) is 5.13 Å². The van der Waals surface area contributed by atoms with Crippen LogP contribution in [0.3, 0.4) is 0 Å². The van der Waals surface area contributed by atoms with Crippen LogP contribution in [-0.2, 0) is 15.3 Å². The molecule has 5 rings (SSSR count). The van der Waals surface area contributed by atoms with Gasteiger partial charge in [-0.15, -0.1) is 10.2 Å². The van der Waals surface area contributed by atoms with Crippen LogP contribution in [0.5, 0.6) is 17.2 Å². The first-order valence-corrected chi connectivity index (χ1v) is 14.8. The smallest absolute Gasteiger partial charge is 0.301 e. The predicted molar refractivity (Wildman–Crippen MR) is 158 cm³/mol. The number of aromatic hydroxyl groups is 1. The number of thioether (sulfide) groups is 1. The topological polar surface area (TPSA) is 122 Å². The number of hydrogen-bond donors (Lipinski definition) is 2. The number of carbonyl (C=O) groups is 2. The number of nitrogens with zero attached hydrogens (tertiary/aromatic N) is 3. The molecule has 9 nitrogen and oxygen atoms in total. The molecule has 1 aliphatic heterocycles. The first kappa shape index (κ1) is 29.1. The molecule has 2 heterocycles. The van der Waals surface area contributed by atoms with E-state index >= 15 is 0 Å². The highest BCUT2D eigenvalue weighted by Gasteiger charge is 2.48. The average Bonchev–Trinajstić information content (AvgIpc) is 3.56. The number of amides is 1. The Morgan fingerprint density at radius 1 is 1.02 bits per heavy atom. The van der Waals surface area contributed by atoms with Gasteiger partial charge in [-0.25, -0.2) is 4.39 Å². The maximum Gasteiger partial charge on any atom is 0.301 e. The Kier molecular flexibility index (Phi) is 8.74. The highest BCUT2D eigenvalue weighted by Crippen LogP contribution is 2.45. The summed E-state index contributed by atoms with van der Waals surface area (Å²) < 4.78 is 25.6. The zero-order valence-electron chi connectivity index (χ0n) is 22.6. The van der Waals surface area contributed by atoms with Crippen molar-refractivity contribution in [1.82, 2.24) is 10.2 Å². The lowest BCUT2D eigenvalue weighted by atomic mass is 9.95. The number of ketones is 1. The number of Topliss-reactive ketones (excluding diaryl/α,β-unsaturated/α-hetero) is 1. The molecule has 0 radical (unpaired) electrons. The fraction of sp³-hybridized carbons (Fsp3) is 0.200. The van der Waals surface area contributed by atoms with E-state index in [2.05, 4.69) is 10.2 Å². The average molecular weight is 608 g/mol. The number of ether oxygens (including phenoxy) is 2. The Morgan fingerprint density at radius 2 is 1.76 bits per heavy atom. The Balaban J connectivity index is 1.57. The van der Waals surface area contributed by atoms with E-state index in [1.165, 1.54) is 34.9 Å². The Labute approximate surface area is 249 Å². The zero-order valence-corrected chi connectivity index (χ0v) is 24.2. The van der Waals surface area contributed by atoms with Crippen LogP contribution in [0.2, 0.25) is 0 Å². The van der Waals surface area contributed by atoms with Crippen molar-refractivity contribution in [2.24, 2.45) is 0 Å². The molecule has 1 atom stereocenters. The van der Waals surface area contributed by atoms with E-state index in [9.17, 15) is 24.2 Å². The fourth-order valence-corrected chi connectivity index (χ4v) is 6.32. The third-order valence-corrected chi connectivity index (χ3v) is 8.50. The monoisotopic (exact) mass is 607 g/mol. The standard InChI is InChI=1S/C30H26FN3O6S2/c1-3-39-20-12-9-17(10-13-20)26(36)24-25(18-11-14-22(35)23(15-18)40-4-2)34(28(38)27(24)37)29-32-33-30(42-29)41-16-19-7-5-6-8-21(19)31/h5-15,25,35-36H,3-4,16H2,1-2H3/b26-24-. The van der Waals surface area contributed by atoms with Gasteiger partial charge in [0.15, 0.2) is 15.8 Å². The number of anilines is 1. The summed E-state index contributed by atoms with van der Waals surface area (Å²) in [5.41, 5.74) is 1.04. The molecule has 2 N–H and O–H groups in total. The number of carbonyl (C=O) groups excluding carboxylic acids is 2. The Hall–Kier alpha value is -4.42. The fourth-order valence-electron chi connectivity index (χ4n) is 4.46. The first-order chi connectivity index (χ1) is 20.3. The molecule has 42 heavy (non-hydrogen) atoms. The van der Waals surface area contributed by atoms with E-state index in [4.69, 9.17) is 9.47 Å². The van der Waals surface area contributed by atoms with Crippen LogP contribution in [0.1, 0.15) is 36.6 Å². The van der Waals surface area contributed by atoms with E-state index in [1.807, 2.05) is 6.92 Å². The summed E-state index contributed by atoms with van der Waals surface area (Å²) >= 11 is 2.31. The van der Waals surface area contributed by atoms with Crippen molar-refractivity contribution < 1.29 is 33.7 Å². The minimum Gasteiger partial charge on any atom is -0.507 e. The van der Waals surface area contributed by atoms with E-state index in [0.29, 0.717) is 33.4 Å². The van der Waals surface area contributed by atoms with E-state index in [1.54, 1.807) is 55.5 Å². The minimum atomic E-state index is -1.10. The number of hydrogen-bond acceptors (Lipinski definition) is 10.